The zero-order valence-corrected chi connectivity index (χ0v) is 9.85. The van der Waals surface area contributed by atoms with Gasteiger partial charge in [-0.1, -0.05) is 0 Å². The molecule has 0 saturated carbocycles. The molecule has 84 valence electrons. The third-order valence-corrected chi connectivity index (χ3v) is 2.79. The fraction of sp³-hybridized carbons (Fsp3) is 0.364. The van der Waals surface area contributed by atoms with Crippen LogP contribution in [0.5, 0.6) is 0 Å². The maximum absolute atomic E-state index is 12.3. The Hall–Kier alpha value is -1.91. The first-order valence-electron chi connectivity index (χ1n) is 5.05. The number of carbonyl (C=O) groups excluding carboxylic acids is 1. The van der Waals surface area contributed by atoms with Crippen molar-refractivity contribution < 1.29 is 4.79 Å². The van der Waals surface area contributed by atoms with E-state index in [1.807, 2.05) is 20.9 Å². The summed E-state index contributed by atoms with van der Waals surface area (Å²) in [4.78, 5) is 12.3. The van der Waals surface area contributed by atoms with E-state index in [1.165, 1.54) is 0 Å². The number of aryl methyl sites for hydroxylation is 3. The maximum atomic E-state index is 12.3. The van der Waals surface area contributed by atoms with Gasteiger partial charge in [-0.2, -0.15) is 10.2 Å². The summed E-state index contributed by atoms with van der Waals surface area (Å²) in [5, 5.41) is 8.24. The van der Waals surface area contributed by atoms with Crippen molar-refractivity contribution >= 4 is 5.78 Å². The van der Waals surface area contributed by atoms with Crippen molar-refractivity contribution in [3.63, 3.8) is 0 Å². The summed E-state index contributed by atoms with van der Waals surface area (Å²) in [6.45, 7) is 3.74. The van der Waals surface area contributed by atoms with Crippen LogP contribution in [0.25, 0.3) is 0 Å². The molecule has 2 rings (SSSR count). The van der Waals surface area contributed by atoms with Crippen molar-refractivity contribution in [2.75, 3.05) is 0 Å². The highest BCUT2D eigenvalue weighted by Gasteiger charge is 2.20. The van der Waals surface area contributed by atoms with Crippen LogP contribution >= 0.6 is 0 Å². The van der Waals surface area contributed by atoms with Crippen LogP contribution in [0, 0.1) is 13.8 Å². The number of ketones is 1. The molecule has 0 amide bonds. The van der Waals surface area contributed by atoms with Gasteiger partial charge >= 0.3 is 0 Å². The first-order chi connectivity index (χ1) is 7.52. The molecule has 0 radical (unpaired) electrons. The van der Waals surface area contributed by atoms with Crippen molar-refractivity contribution in [2.45, 2.75) is 13.8 Å². The van der Waals surface area contributed by atoms with Crippen LogP contribution in [0.1, 0.15) is 27.4 Å². The van der Waals surface area contributed by atoms with Gasteiger partial charge < -0.3 is 0 Å². The van der Waals surface area contributed by atoms with Gasteiger partial charge in [0, 0.05) is 26.0 Å². The van der Waals surface area contributed by atoms with Crippen LogP contribution in [0.4, 0.5) is 0 Å². The number of rotatable bonds is 2. The van der Waals surface area contributed by atoms with Crippen molar-refractivity contribution in [1.29, 1.82) is 0 Å². The van der Waals surface area contributed by atoms with Gasteiger partial charge in [-0.25, -0.2) is 0 Å². The van der Waals surface area contributed by atoms with E-state index in [9.17, 15) is 4.79 Å². The highest BCUT2D eigenvalue weighted by molar-refractivity contribution is 6.09. The van der Waals surface area contributed by atoms with E-state index in [0.29, 0.717) is 11.3 Å². The monoisotopic (exact) mass is 218 g/mol. The van der Waals surface area contributed by atoms with Crippen LogP contribution in [-0.4, -0.2) is 25.3 Å². The number of nitrogens with zero attached hydrogens (tertiary/aromatic N) is 4. The SMILES string of the molecule is Cc1nn(C)c(C)c1C(=O)c1ccnn1C. The lowest BCUT2D eigenvalue weighted by atomic mass is 10.1. The number of hydrogen-bond acceptors (Lipinski definition) is 3. The molecule has 0 aliphatic carbocycles. The van der Waals surface area contributed by atoms with Gasteiger partial charge in [-0.3, -0.25) is 14.2 Å². The highest BCUT2D eigenvalue weighted by atomic mass is 16.1. The fourth-order valence-corrected chi connectivity index (χ4v) is 1.83. The summed E-state index contributed by atoms with van der Waals surface area (Å²) in [5.74, 6) is -0.0249. The molecule has 0 spiro atoms. The average molecular weight is 218 g/mol. The maximum Gasteiger partial charge on any atom is 0.214 e. The largest absolute Gasteiger partial charge is 0.287 e. The van der Waals surface area contributed by atoms with Crippen molar-refractivity contribution in [2.24, 2.45) is 14.1 Å². The van der Waals surface area contributed by atoms with Gasteiger partial charge in [0.1, 0.15) is 5.69 Å². The highest BCUT2D eigenvalue weighted by Crippen LogP contribution is 2.16. The molecule has 0 unspecified atom stereocenters. The van der Waals surface area contributed by atoms with E-state index in [0.717, 1.165) is 11.4 Å². The number of hydrogen-bond donors (Lipinski definition) is 0. The average Bonchev–Trinajstić information content (AvgIpc) is 2.73. The van der Waals surface area contributed by atoms with Crippen LogP contribution in [0.3, 0.4) is 0 Å². The lowest BCUT2D eigenvalue weighted by Crippen LogP contribution is -2.10. The molecule has 0 fully saturated rings. The summed E-state index contributed by atoms with van der Waals surface area (Å²) < 4.78 is 3.30. The molecular weight excluding hydrogens is 204 g/mol. The molecule has 0 bridgehead atoms. The lowest BCUT2D eigenvalue weighted by molar-refractivity contribution is 0.102. The second kappa shape index (κ2) is 3.59. The normalized spacial score (nSPS) is 10.8. The van der Waals surface area contributed by atoms with Gasteiger partial charge in [-0.15, -0.1) is 0 Å². The van der Waals surface area contributed by atoms with Crippen LogP contribution in [0.2, 0.25) is 0 Å². The fourth-order valence-electron chi connectivity index (χ4n) is 1.83. The third kappa shape index (κ3) is 1.44. The molecule has 0 aliphatic heterocycles. The van der Waals surface area contributed by atoms with Gasteiger partial charge in [0.2, 0.25) is 5.78 Å². The Morgan fingerprint density at radius 1 is 1.25 bits per heavy atom. The summed E-state index contributed by atoms with van der Waals surface area (Å²) in [5.41, 5.74) is 2.89. The third-order valence-electron chi connectivity index (χ3n) is 2.79. The molecular formula is C11H14N4O. The van der Waals surface area contributed by atoms with Gasteiger partial charge in [0.05, 0.1) is 11.3 Å². The Bertz CT molecular complexity index is 550. The van der Waals surface area contributed by atoms with Crippen molar-refractivity contribution in [3.05, 3.63) is 34.9 Å². The first-order valence-corrected chi connectivity index (χ1v) is 5.05. The minimum absolute atomic E-state index is 0.0249. The molecule has 0 atom stereocenters. The van der Waals surface area contributed by atoms with Gasteiger partial charge in [-0.05, 0) is 19.9 Å². The Kier molecular flexibility index (Phi) is 2.38. The van der Waals surface area contributed by atoms with E-state index in [1.54, 1.807) is 28.7 Å². The van der Waals surface area contributed by atoms with E-state index in [2.05, 4.69) is 10.2 Å². The van der Waals surface area contributed by atoms with Crippen LogP contribution < -0.4 is 0 Å². The minimum atomic E-state index is -0.0249. The van der Waals surface area contributed by atoms with Gasteiger partial charge in [0.15, 0.2) is 0 Å². The number of carbonyl (C=O) groups is 1. The zero-order chi connectivity index (χ0) is 11.9. The van der Waals surface area contributed by atoms with E-state index in [-0.39, 0.29) is 5.78 Å². The molecule has 16 heavy (non-hydrogen) atoms. The molecule has 2 aromatic rings. The standard InChI is InChI=1S/C11H14N4O/c1-7-10(8(2)14(3)13-7)11(16)9-5-6-12-15(9)4/h5-6H,1-4H3. The van der Waals surface area contributed by atoms with Crippen molar-refractivity contribution in [1.82, 2.24) is 19.6 Å². The van der Waals surface area contributed by atoms with E-state index in [4.69, 9.17) is 0 Å². The van der Waals surface area contributed by atoms with Crippen LogP contribution in [0.15, 0.2) is 12.3 Å². The Morgan fingerprint density at radius 2 is 1.94 bits per heavy atom. The van der Waals surface area contributed by atoms with Crippen molar-refractivity contribution in [3.8, 4) is 0 Å². The minimum Gasteiger partial charge on any atom is -0.287 e. The molecule has 2 heterocycles. The molecule has 0 saturated heterocycles. The van der Waals surface area contributed by atoms with E-state index < -0.39 is 0 Å². The first kappa shape index (κ1) is 10.6. The Balaban J connectivity index is 2.54. The summed E-state index contributed by atoms with van der Waals surface area (Å²) in [7, 11) is 3.59. The Labute approximate surface area is 93.7 Å². The smallest absolute Gasteiger partial charge is 0.214 e. The van der Waals surface area contributed by atoms with Crippen LogP contribution in [-0.2, 0) is 14.1 Å². The summed E-state index contributed by atoms with van der Waals surface area (Å²) in [6.07, 6.45) is 1.62. The summed E-state index contributed by atoms with van der Waals surface area (Å²) in [6, 6.07) is 1.72. The predicted molar refractivity (Wildman–Crippen MR) is 59.3 cm³/mol. The van der Waals surface area contributed by atoms with E-state index >= 15 is 0 Å². The molecule has 0 aliphatic rings. The quantitative estimate of drug-likeness (QED) is 0.707. The predicted octanol–water partition coefficient (Wildman–Crippen LogP) is 1.00. The topological polar surface area (TPSA) is 52.7 Å². The second-order valence-corrected chi connectivity index (χ2v) is 3.84. The molecule has 0 N–H and O–H groups in total. The number of aromatic nitrogens is 4. The zero-order valence-electron chi connectivity index (χ0n) is 9.85. The molecule has 5 nitrogen and oxygen atoms in total. The summed E-state index contributed by atoms with van der Waals surface area (Å²) >= 11 is 0. The Morgan fingerprint density at radius 3 is 2.38 bits per heavy atom. The second-order valence-electron chi connectivity index (χ2n) is 3.84. The molecule has 2 aromatic heterocycles. The lowest BCUT2D eigenvalue weighted by Gasteiger charge is -2.01. The van der Waals surface area contributed by atoms with Gasteiger partial charge in [0.25, 0.3) is 0 Å². The molecule has 5 heteroatoms. The molecule has 0 aromatic carbocycles.